The van der Waals surface area contributed by atoms with Gasteiger partial charge in [0.05, 0.1) is 18.2 Å². The Kier molecular flexibility index (Phi) is 3.41. The Labute approximate surface area is 69.1 Å². The maximum absolute atomic E-state index is 10.3. The van der Waals surface area contributed by atoms with Crippen molar-refractivity contribution in [1.29, 1.82) is 0 Å². The summed E-state index contributed by atoms with van der Waals surface area (Å²) in [5.41, 5.74) is 0. The van der Waals surface area contributed by atoms with Crippen LogP contribution in [0.25, 0.3) is 0 Å². The molecule has 3 nitrogen and oxygen atoms in total. The van der Waals surface area contributed by atoms with E-state index in [4.69, 9.17) is 4.74 Å². The van der Waals surface area contributed by atoms with Gasteiger partial charge in [-0.3, -0.25) is 0 Å². The highest BCUT2D eigenvalue weighted by molar-refractivity contribution is 7.16. The molecule has 0 radical (unpaired) electrons. The lowest BCUT2D eigenvalue weighted by Crippen LogP contribution is -2.33. The van der Waals surface area contributed by atoms with Crippen molar-refractivity contribution in [2.75, 3.05) is 6.16 Å². The van der Waals surface area contributed by atoms with Gasteiger partial charge in [-0.1, -0.05) is 5.18 Å². The van der Waals surface area contributed by atoms with E-state index in [0.29, 0.717) is 0 Å². The monoisotopic (exact) mass is 175 g/mol. The van der Waals surface area contributed by atoms with E-state index in [9.17, 15) is 4.91 Å². The number of hydrogen-bond donors (Lipinski definition) is 0. The van der Waals surface area contributed by atoms with Crippen LogP contribution in [0.1, 0.15) is 19.8 Å². The van der Waals surface area contributed by atoms with Gasteiger partial charge in [0.2, 0.25) is 0 Å². The van der Waals surface area contributed by atoms with Crippen LogP contribution < -0.4 is 0 Å². The lowest BCUT2D eigenvalue weighted by molar-refractivity contribution is -0.0340. The summed E-state index contributed by atoms with van der Waals surface area (Å²) in [5.74, 6) is 0. The molecule has 1 aliphatic heterocycles. The van der Waals surface area contributed by atoms with Gasteiger partial charge in [0.1, 0.15) is 0 Å². The molecule has 0 spiro atoms. The molecule has 4 heteroatoms. The minimum absolute atomic E-state index is 0.0238. The van der Waals surface area contributed by atoms with Gasteiger partial charge in [-0.15, -0.1) is 9.24 Å². The third-order valence-electron chi connectivity index (χ3n) is 1.98. The first-order valence-corrected chi connectivity index (χ1v) is 4.76. The molecule has 4 atom stereocenters. The highest BCUT2D eigenvalue weighted by Gasteiger charge is 2.26. The molecule has 0 saturated carbocycles. The van der Waals surface area contributed by atoms with Crippen LogP contribution >= 0.6 is 9.24 Å². The van der Waals surface area contributed by atoms with Gasteiger partial charge in [0.15, 0.2) is 0 Å². The molecular weight excluding hydrogens is 161 g/mol. The number of nitroso groups, excluding NO2 is 1. The van der Waals surface area contributed by atoms with E-state index in [0.717, 1.165) is 19.0 Å². The Bertz CT molecular complexity index is 142. The van der Waals surface area contributed by atoms with E-state index < -0.39 is 0 Å². The third kappa shape index (κ3) is 2.49. The number of rotatable bonds is 2. The first-order valence-electron chi connectivity index (χ1n) is 3.94. The van der Waals surface area contributed by atoms with Crippen molar-refractivity contribution in [2.45, 2.75) is 38.0 Å². The Hall–Kier alpha value is -0.0100. The zero-order valence-electron chi connectivity index (χ0n) is 6.69. The molecule has 0 aliphatic carbocycles. The Morgan fingerprint density at radius 2 is 2.36 bits per heavy atom. The predicted molar refractivity (Wildman–Crippen MR) is 47.7 cm³/mol. The SMILES string of the molecule is CC1CC(N=O)CC(CP)O1. The van der Waals surface area contributed by atoms with Crippen molar-refractivity contribution in [3.05, 3.63) is 4.91 Å². The Morgan fingerprint density at radius 3 is 2.91 bits per heavy atom. The van der Waals surface area contributed by atoms with Gasteiger partial charge in [0, 0.05) is 0 Å². The fourth-order valence-electron chi connectivity index (χ4n) is 1.46. The molecule has 1 heterocycles. The average molecular weight is 175 g/mol. The van der Waals surface area contributed by atoms with Crippen LogP contribution in [0.15, 0.2) is 5.18 Å². The molecule has 0 bridgehead atoms. The summed E-state index contributed by atoms with van der Waals surface area (Å²) in [5, 5.41) is 3.06. The van der Waals surface area contributed by atoms with Gasteiger partial charge in [-0.25, -0.2) is 0 Å². The van der Waals surface area contributed by atoms with Crippen LogP contribution in [-0.2, 0) is 4.74 Å². The molecule has 1 saturated heterocycles. The second-order valence-corrected chi connectivity index (χ2v) is 3.51. The standard InChI is InChI=1S/C7H14NO2P/c1-5-2-6(8-9)3-7(4-11)10-5/h5-7H,2-4,11H2,1H3. The molecule has 0 aromatic carbocycles. The van der Waals surface area contributed by atoms with Gasteiger partial charge < -0.3 is 4.74 Å². The highest BCUT2D eigenvalue weighted by atomic mass is 31.0. The molecule has 1 rings (SSSR count). The summed E-state index contributed by atoms with van der Waals surface area (Å²) in [6.07, 6.45) is 2.88. The van der Waals surface area contributed by atoms with E-state index in [2.05, 4.69) is 14.4 Å². The zero-order chi connectivity index (χ0) is 8.27. The lowest BCUT2D eigenvalue weighted by Gasteiger charge is -2.29. The van der Waals surface area contributed by atoms with Crippen molar-refractivity contribution in [3.63, 3.8) is 0 Å². The number of hydrogen-bond acceptors (Lipinski definition) is 3. The van der Waals surface area contributed by atoms with Crippen molar-refractivity contribution in [3.8, 4) is 0 Å². The molecule has 1 aliphatic rings. The first kappa shape index (κ1) is 9.08. The minimum Gasteiger partial charge on any atom is -0.375 e. The summed E-state index contributed by atoms with van der Waals surface area (Å²) >= 11 is 0. The largest absolute Gasteiger partial charge is 0.375 e. The van der Waals surface area contributed by atoms with Crippen LogP contribution in [0.2, 0.25) is 0 Å². The van der Waals surface area contributed by atoms with Gasteiger partial charge in [0.25, 0.3) is 0 Å². The summed E-state index contributed by atoms with van der Waals surface area (Å²) in [7, 11) is 2.63. The zero-order valence-corrected chi connectivity index (χ0v) is 7.85. The maximum atomic E-state index is 10.3. The van der Waals surface area contributed by atoms with Gasteiger partial charge in [-0.2, -0.15) is 4.91 Å². The first-order chi connectivity index (χ1) is 5.26. The van der Waals surface area contributed by atoms with Gasteiger partial charge >= 0.3 is 0 Å². The van der Waals surface area contributed by atoms with Gasteiger partial charge in [-0.05, 0) is 25.9 Å². The molecule has 4 unspecified atom stereocenters. The third-order valence-corrected chi connectivity index (χ3v) is 2.50. The van der Waals surface area contributed by atoms with Crippen molar-refractivity contribution in [1.82, 2.24) is 0 Å². The van der Waals surface area contributed by atoms with E-state index in [-0.39, 0.29) is 18.2 Å². The summed E-state index contributed by atoms with van der Waals surface area (Å²) in [6.45, 7) is 1.99. The molecule has 11 heavy (non-hydrogen) atoms. The van der Waals surface area contributed by atoms with Crippen LogP contribution in [0, 0.1) is 4.91 Å². The fraction of sp³-hybridized carbons (Fsp3) is 1.00. The lowest BCUT2D eigenvalue weighted by atomic mass is 10.0. The number of nitrogens with zero attached hydrogens (tertiary/aromatic N) is 1. The van der Waals surface area contributed by atoms with Crippen LogP contribution in [0.4, 0.5) is 0 Å². The maximum Gasteiger partial charge on any atom is 0.0969 e. The summed E-state index contributed by atoms with van der Waals surface area (Å²) in [6, 6.07) is -0.0238. The number of ether oxygens (including phenoxy) is 1. The second-order valence-electron chi connectivity index (χ2n) is 3.04. The molecule has 0 amide bonds. The van der Waals surface area contributed by atoms with Crippen LogP contribution in [-0.4, -0.2) is 24.4 Å². The van der Waals surface area contributed by atoms with E-state index >= 15 is 0 Å². The quantitative estimate of drug-likeness (QED) is 0.472. The van der Waals surface area contributed by atoms with Crippen LogP contribution in [0.3, 0.4) is 0 Å². The Morgan fingerprint density at radius 1 is 1.64 bits per heavy atom. The smallest absolute Gasteiger partial charge is 0.0969 e. The predicted octanol–water partition coefficient (Wildman–Crippen LogP) is 1.56. The molecule has 0 N–H and O–H groups in total. The van der Waals surface area contributed by atoms with Crippen molar-refractivity contribution >= 4 is 9.24 Å². The highest BCUT2D eigenvalue weighted by Crippen LogP contribution is 2.22. The molecule has 64 valence electrons. The minimum atomic E-state index is -0.0238. The van der Waals surface area contributed by atoms with E-state index in [1.54, 1.807) is 0 Å². The molecule has 1 fully saturated rings. The van der Waals surface area contributed by atoms with Crippen LogP contribution in [0.5, 0.6) is 0 Å². The van der Waals surface area contributed by atoms with Crippen molar-refractivity contribution in [2.24, 2.45) is 5.18 Å². The van der Waals surface area contributed by atoms with E-state index in [1.165, 1.54) is 0 Å². The average Bonchev–Trinajstić information content (AvgIpc) is 2.03. The topological polar surface area (TPSA) is 38.7 Å². The molecular formula is C7H14NO2P. The fourth-order valence-corrected chi connectivity index (χ4v) is 1.76. The molecule has 0 aromatic heterocycles. The molecule has 0 aromatic rings. The summed E-state index contributed by atoms with van der Waals surface area (Å²) < 4.78 is 5.55. The Balaban J connectivity index is 2.43. The van der Waals surface area contributed by atoms with E-state index in [1.807, 2.05) is 6.92 Å². The summed E-state index contributed by atoms with van der Waals surface area (Å²) in [4.78, 5) is 10.3. The van der Waals surface area contributed by atoms with Crippen molar-refractivity contribution < 1.29 is 4.74 Å². The normalized spacial score (nSPS) is 38.5. The second kappa shape index (κ2) is 4.13.